The molecule has 1 aliphatic carbocycles. The first kappa shape index (κ1) is 14.6. The van der Waals surface area contributed by atoms with E-state index in [1.54, 1.807) is 0 Å². The number of methoxy groups -OCH3 is 1. The molecule has 3 rings (SSSR count). The summed E-state index contributed by atoms with van der Waals surface area (Å²) in [4.78, 5) is 13.6. The van der Waals surface area contributed by atoms with Gasteiger partial charge in [0.25, 0.3) is 0 Å². The summed E-state index contributed by atoms with van der Waals surface area (Å²) in [5.41, 5.74) is 0. The zero-order chi connectivity index (χ0) is 14.8. The first-order valence-electron chi connectivity index (χ1n) is 7.65. The predicted molar refractivity (Wildman–Crippen MR) is 76.9 cm³/mol. The van der Waals surface area contributed by atoms with Gasteiger partial charge in [-0.1, -0.05) is 6.92 Å². The molecule has 0 N–H and O–H groups in total. The summed E-state index contributed by atoms with van der Waals surface area (Å²) in [5.74, 6) is 3.29. The molecule has 3 atom stereocenters. The number of esters is 1. The van der Waals surface area contributed by atoms with Crippen LogP contribution in [0.2, 0.25) is 0 Å². The van der Waals surface area contributed by atoms with E-state index >= 15 is 0 Å². The lowest BCUT2D eigenvalue weighted by Crippen LogP contribution is -2.42. The molecule has 1 saturated heterocycles. The van der Waals surface area contributed by atoms with Crippen molar-refractivity contribution in [2.24, 2.45) is 5.92 Å². The van der Waals surface area contributed by atoms with E-state index in [1.807, 2.05) is 0 Å². The maximum Gasteiger partial charge on any atom is 0.308 e. The smallest absolute Gasteiger partial charge is 0.308 e. The molecule has 0 aromatic carbocycles. The minimum atomic E-state index is -0.218. The maximum atomic E-state index is 11.3. The van der Waals surface area contributed by atoms with Crippen molar-refractivity contribution < 1.29 is 18.7 Å². The van der Waals surface area contributed by atoms with Gasteiger partial charge in [-0.15, -0.1) is 0 Å². The van der Waals surface area contributed by atoms with Crippen molar-refractivity contribution in [3.63, 3.8) is 0 Å². The number of nitrogens with zero attached hydrogens (tertiary/aromatic N) is 1. The molecule has 0 bridgehead atoms. The lowest BCUT2D eigenvalue weighted by atomic mass is 10.2. The number of hydrogen-bond donors (Lipinski definition) is 0. The van der Waals surface area contributed by atoms with E-state index in [1.165, 1.54) is 13.5 Å². The second kappa shape index (κ2) is 6.20. The Kier molecular flexibility index (Phi) is 4.31. The molecule has 1 aromatic heterocycles. The van der Waals surface area contributed by atoms with Crippen LogP contribution >= 0.6 is 0 Å². The largest absolute Gasteiger partial charge is 0.469 e. The second-order valence-electron chi connectivity index (χ2n) is 6.13. The average molecular weight is 293 g/mol. The van der Waals surface area contributed by atoms with Gasteiger partial charge in [0.1, 0.15) is 11.5 Å². The van der Waals surface area contributed by atoms with Crippen molar-refractivity contribution in [2.75, 3.05) is 26.8 Å². The zero-order valence-electron chi connectivity index (χ0n) is 12.7. The summed E-state index contributed by atoms with van der Waals surface area (Å²) in [7, 11) is 1.41. The molecule has 1 saturated carbocycles. The molecule has 2 fully saturated rings. The van der Waals surface area contributed by atoms with Crippen LogP contribution in [0.25, 0.3) is 0 Å². The van der Waals surface area contributed by atoms with Crippen molar-refractivity contribution >= 4 is 5.97 Å². The van der Waals surface area contributed by atoms with Gasteiger partial charge in [0.2, 0.25) is 0 Å². The maximum absolute atomic E-state index is 11.3. The molecule has 0 unspecified atom stereocenters. The SMILES string of the molecule is COC(=O)C[C@@H]1CN(Cc2ccc([C@H]3C[C@H]3C)o2)CCO1. The average Bonchev–Trinajstić information content (AvgIpc) is 3.02. The summed E-state index contributed by atoms with van der Waals surface area (Å²) in [5, 5.41) is 0. The Hall–Kier alpha value is -1.33. The van der Waals surface area contributed by atoms with Gasteiger partial charge in [-0.3, -0.25) is 9.69 Å². The summed E-state index contributed by atoms with van der Waals surface area (Å²) in [6, 6.07) is 4.18. The molecular weight excluding hydrogens is 270 g/mol. The van der Waals surface area contributed by atoms with Crippen LogP contribution in [0, 0.1) is 5.92 Å². The van der Waals surface area contributed by atoms with Crippen LogP contribution in [0.3, 0.4) is 0 Å². The summed E-state index contributed by atoms with van der Waals surface area (Å²) >= 11 is 0. The van der Waals surface area contributed by atoms with E-state index in [0.29, 0.717) is 18.9 Å². The summed E-state index contributed by atoms with van der Waals surface area (Å²) < 4.78 is 16.3. The van der Waals surface area contributed by atoms with Gasteiger partial charge < -0.3 is 13.9 Å². The summed E-state index contributed by atoms with van der Waals surface area (Å²) in [6.07, 6.45) is 1.48. The van der Waals surface area contributed by atoms with E-state index in [-0.39, 0.29) is 12.1 Å². The Labute approximate surface area is 125 Å². The molecule has 2 aliphatic rings. The van der Waals surface area contributed by atoms with Crippen LogP contribution < -0.4 is 0 Å². The fraction of sp³-hybridized carbons (Fsp3) is 0.688. The lowest BCUT2D eigenvalue weighted by molar-refractivity contribution is -0.145. The highest BCUT2D eigenvalue weighted by atomic mass is 16.5. The fourth-order valence-electron chi connectivity index (χ4n) is 2.93. The first-order valence-corrected chi connectivity index (χ1v) is 7.65. The minimum Gasteiger partial charge on any atom is -0.469 e. The number of hydrogen-bond acceptors (Lipinski definition) is 5. The third kappa shape index (κ3) is 3.66. The number of morpholine rings is 1. The van der Waals surface area contributed by atoms with Gasteiger partial charge in [-0.2, -0.15) is 0 Å². The second-order valence-corrected chi connectivity index (χ2v) is 6.13. The van der Waals surface area contributed by atoms with Gasteiger partial charge in [0.15, 0.2) is 0 Å². The van der Waals surface area contributed by atoms with Crippen molar-refractivity contribution in [1.29, 1.82) is 0 Å². The topological polar surface area (TPSA) is 51.9 Å². The molecule has 116 valence electrons. The molecule has 0 spiro atoms. The van der Waals surface area contributed by atoms with Crippen molar-refractivity contribution in [3.8, 4) is 0 Å². The van der Waals surface area contributed by atoms with Crippen LogP contribution in [0.1, 0.15) is 37.2 Å². The minimum absolute atomic E-state index is 0.0795. The van der Waals surface area contributed by atoms with Crippen LogP contribution in [-0.4, -0.2) is 43.8 Å². The van der Waals surface area contributed by atoms with Gasteiger partial charge in [0.05, 0.1) is 32.8 Å². The van der Waals surface area contributed by atoms with Gasteiger partial charge in [-0.05, 0) is 24.5 Å². The van der Waals surface area contributed by atoms with E-state index < -0.39 is 0 Å². The standard InChI is InChI=1S/C16H23NO4/c1-11-7-14(11)15-4-3-12(21-15)9-17-5-6-20-13(10-17)8-16(18)19-2/h3-4,11,13-14H,5-10H2,1-2H3/t11-,13-,14+/m1/s1. The lowest BCUT2D eigenvalue weighted by Gasteiger charge is -2.31. The Morgan fingerprint density at radius 3 is 3.00 bits per heavy atom. The number of furan rings is 1. The summed E-state index contributed by atoms with van der Waals surface area (Å²) in [6.45, 7) is 5.29. The molecule has 1 aliphatic heterocycles. The van der Waals surface area contributed by atoms with Crippen LogP contribution in [0.15, 0.2) is 16.5 Å². The van der Waals surface area contributed by atoms with E-state index in [0.717, 1.165) is 37.1 Å². The number of ether oxygens (including phenoxy) is 2. The highest BCUT2D eigenvalue weighted by molar-refractivity contribution is 5.69. The Bertz CT molecular complexity index is 498. The van der Waals surface area contributed by atoms with Crippen molar-refractivity contribution in [1.82, 2.24) is 4.90 Å². The highest BCUT2D eigenvalue weighted by Crippen LogP contribution is 2.47. The van der Waals surface area contributed by atoms with Crippen LogP contribution in [0.5, 0.6) is 0 Å². The molecule has 0 radical (unpaired) electrons. The Morgan fingerprint density at radius 1 is 1.48 bits per heavy atom. The first-order chi connectivity index (χ1) is 10.2. The van der Waals surface area contributed by atoms with E-state index in [4.69, 9.17) is 13.9 Å². The number of carbonyl (C=O) groups is 1. The van der Waals surface area contributed by atoms with Crippen LogP contribution in [-0.2, 0) is 20.8 Å². The quantitative estimate of drug-likeness (QED) is 0.779. The monoisotopic (exact) mass is 293 g/mol. The van der Waals surface area contributed by atoms with Crippen molar-refractivity contribution in [3.05, 3.63) is 23.7 Å². The van der Waals surface area contributed by atoms with Gasteiger partial charge >= 0.3 is 5.97 Å². The zero-order valence-corrected chi connectivity index (χ0v) is 12.7. The fourth-order valence-corrected chi connectivity index (χ4v) is 2.93. The van der Waals surface area contributed by atoms with E-state index in [9.17, 15) is 4.79 Å². The Morgan fingerprint density at radius 2 is 2.29 bits per heavy atom. The molecular formula is C16H23NO4. The van der Waals surface area contributed by atoms with Gasteiger partial charge in [0, 0.05) is 19.0 Å². The van der Waals surface area contributed by atoms with Crippen LogP contribution in [0.4, 0.5) is 0 Å². The molecule has 5 nitrogen and oxygen atoms in total. The molecule has 21 heavy (non-hydrogen) atoms. The predicted octanol–water partition coefficient (Wildman–Crippen LogP) is 2.17. The van der Waals surface area contributed by atoms with Gasteiger partial charge in [-0.25, -0.2) is 0 Å². The van der Waals surface area contributed by atoms with Crippen molar-refractivity contribution in [2.45, 2.75) is 38.3 Å². The third-order valence-corrected chi connectivity index (χ3v) is 4.38. The normalized spacial score (nSPS) is 29.3. The molecule has 5 heteroatoms. The third-order valence-electron chi connectivity index (χ3n) is 4.38. The Balaban J connectivity index is 1.52. The number of rotatable bonds is 5. The molecule has 0 amide bonds. The highest BCUT2D eigenvalue weighted by Gasteiger charge is 2.36. The number of carbonyl (C=O) groups excluding carboxylic acids is 1. The molecule has 2 heterocycles. The molecule has 1 aromatic rings. The van der Waals surface area contributed by atoms with E-state index in [2.05, 4.69) is 24.0 Å².